The Balaban J connectivity index is 1.71. The van der Waals surface area contributed by atoms with Crippen LogP contribution < -0.4 is 4.74 Å². The van der Waals surface area contributed by atoms with Crippen molar-refractivity contribution in [3.63, 3.8) is 0 Å². The van der Waals surface area contributed by atoms with E-state index < -0.39 is 36.7 Å². The topological polar surface area (TPSA) is 59.4 Å². The van der Waals surface area contributed by atoms with Crippen LogP contribution in [0.4, 0.5) is 22.0 Å². The number of halogens is 5. The average Bonchev–Trinajstić information content (AvgIpc) is 3.11. The lowest BCUT2D eigenvalue weighted by Crippen LogP contribution is -2.15. The fraction of sp³-hybridized carbons (Fsp3) is 0.304. The first kappa shape index (κ1) is 24.6. The molecule has 0 aliphatic carbocycles. The number of hydrogen-bond acceptors (Lipinski definition) is 4. The van der Waals surface area contributed by atoms with Crippen molar-refractivity contribution in [2.75, 3.05) is 6.61 Å². The van der Waals surface area contributed by atoms with E-state index in [1.807, 2.05) is 0 Å². The van der Waals surface area contributed by atoms with E-state index in [4.69, 9.17) is 9.84 Å². The first-order valence-corrected chi connectivity index (χ1v) is 10.7. The summed E-state index contributed by atoms with van der Waals surface area (Å²) in [5.41, 5.74) is 0.454. The number of aromatic nitrogens is 1. The van der Waals surface area contributed by atoms with Crippen molar-refractivity contribution in [3.05, 3.63) is 69.7 Å². The minimum absolute atomic E-state index is 0.0352. The summed E-state index contributed by atoms with van der Waals surface area (Å²) in [6.07, 6.45) is -4.89. The van der Waals surface area contributed by atoms with Gasteiger partial charge in [0.05, 0.1) is 11.3 Å². The summed E-state index contributed by atoms with van der Waals surface area (Å²) < 4.78 is 73.0. The number of aryl methyl sites for hydroxylation is 3. The predicted molar refractivity (Wildman–Crippen MR) is 114 cm³/mol. The molecule has 0 bridgehead atoms. The molecule has 4 nitrogen and oxygen atoms in total. The fourth-order valence-electron chi connectivity index (χ4n) is 3.18. The highest BCUT2D eigenvalue weighted by Crippen LogP contribution is 2.38. The summed E-state index contributed by atoms with van der Waals surface area (Å²) >= 11 is 1.18. The van der Waals surface area contributed by atoms with Crippen molar-refractivity contribution in [2.24, 2.45) is 0 Å². The zero-order chi connectivity index (χ0) is 24.4. The second kappa shape index (κ2) is 9.46. The molecule has 33 heavy (non-hydrogen) atoms. The summed E-state index contributed by atoms with van der Waals surface area (Å²) in [7, 11) is 0. The molecule has 0 fully saturated rings. The monoisotopic (exact) mass is 485 g/mol. The van der Waals surface area contributed by atoms with Crippen LogP contribution in [0.5, 0.6) is 5.75 Å². The van der Waals surface area contributed by atoms with E-state index in [0.29, 0.717) is 26.7 Å². The van der Waals surface area contributed by atoms with Crippen LogP contribution in [-0.4, -0.2) is 22.7 Å². The first-order chi connectivity index (χ1) is 15.4. The van der Waals surface area contributed by atoms with Crippen molar-refractivity contribution in [3.8, 4) is 16.3 Å². The maximum Gasteiger partial charge on any atom is 0.416 e. The molecule has 0 saturated heterocycles. The molecule has 1 heterocycles. The summed E-state index contributed by atoms with van der Waals surface area (Å²) in [6, 6.07) is 8.36. The molecule has 0 aliphatic heterocycles. The SMILES string of the molecule is Cc1cc(C(F)(F)CCc2sc(-c3ccc(C(F)(F)F)cc3)nc2C)ccc1OCC(=O)O. The number of rotatable bonds is 8. The highest BCUT2D eigenvalue weighted by atomic mass is 32.1. The van der Waals surface area contributed by atoms with Crippen LogP contribution in [0.25, 0.3) is 10.6 Å². The summed E-state index contributed by atoms with van der Waals surface area (Å²) in [6.45, 7) is 2.67. The van der Waals surface area contributed by atoms with E-state index in [1.54, 1.807) is 13.8 Å². The third-order valence-electron chi connectivity index (χ3n) is 4.97. The molecule has 0 atom stereocenters. The minimum atomic E-state index is -4.44. The number of alkyl halides is 5. The second-order valence-electron chi connectivity index (χ2n) is 7.47. The van der Waals surface area contributed by atoms with E-state index in [1.165, 1.54) is 41.7 Å². The van der Waals surface area contributed by atoms with Crippen molar-refractivity contribution < 1.29 is 36.6 Å². The second-order valence-corrected chi connectivity index (χ2v) is 8.55. The molecule has 1 N–H and O–H groups in total. The van der Waals surface area contributed by atoms with Gasteiger partial charge in [0, 0.05) is 22.4 Å². The molecular weight excluding hydrogens is 465 g/mol. The van der Waals surface area contributed by atoms with Crippen molar-refractivity contribution in [1.29, 1.82) is 0 Å². The standard InChI is InChI=1S/C23H20F5NO3S/c1-13-11-17(7-8-18(13)32-12-20(30)31)22(24,25)10-9-19-14(2)29-21(33-19)15-3-5-16(6-4-15)23(26,27)28/h3-8,11H,9-10,12H2,1-2H3,(H,30,31). The zero-order valence-corrected chi connectivity index (χ0v) is 18.5. The molecule has 0 saturated carbocycles. The lowest BCUT2D eigenvalue weighted by molar-refractivity contribution is -0.139. The number of carboxylic acids is 1. The Morgan fingerprint density at radius 2 is 1.67 bits per heavy atom. The Hall–Kier alpha value is -3.01. The van der Waals surface area contributed by atoms with Crippen LogP contribution >= 0.6 is 11.3 Å². The van der Waals surface area contributed by atoms with Gasteiger partial charge in [-0.1, -0.05) is 12.1 Å². The van der Waals surface area contributed by atoms with E-state index in [9.17, 15) is 26.7 Å². The maximum absolute atomic E-state index is 14.8. The van der Waals surface area contributed by atoms with Gasteiger partial charge in [0.15, 0.2) is 6.61 Å². The highest BCUT2D eigenvalue weighted by molar-refractivity contribution is 7.15. The Bertz CT molecular complexity index is 1140. The maximum atomic E-state index is 14.8. The van der Waals surface area contributed by atoms with Gasteiger partial charge in [0.2, 0.25) is 0 Å². The van der Waals surface area contributed by atoms with Crippen molar-refractivity contribution in [2.45, 2.75) is 38.8 Å². The molecule has 0 aliphatic rings. The van der Waals surface area contributed by atoms with Gasteiger partial charge in [0.25, 0.3) is 5.92 Å². The lowest BCUT2D eigenvalue weighted by Gasteiger charge is -2.18. The Kier molecular flexibility index (Phi) is 7.06. The number of thiazole rings is 1. The fourth-order valence-corrected chi connectivity index (χ4v) is 4.25. The summed E-state index contributed by atoms with van der Waals surface area (Å²) in [5, 5.41) is 9.14. The van der Waals surface area contributed by atoms with E-state index >= 15 is 0 Å². The molecule has 3 aromatic rings. The molecule has 3 rings (SSSR count). The van der Waals surface area contributed by atoms with Gasteiger partial charge in [-0.25, -0.2) is 18.6 Å². The van der Waals surface area contributed by atoms with Gasteiger partial charge >= 0.3 is 12.1 Å². The molecule has 1 aromatic heterocycles. The summed E-state index contributed by atoms with van der Waals surface area (Å²) in [5.74, 6) is -4.10. The third kappa shape index (κ3) is 6.07. The molecule has 0 radical (unpaired) electrons. The van der Waals surface area contributed by atoms with Crippen LogP contribution in [0.3, 0.4) is 0 Å². The van der Waals surface area contributed by atoms with Gasteiger partial charge in [-0.2, -0.15) is 13.2 Å². The van der Waals surface area contributed by atoms with Gasteiger partial charge in [-0.15, -0.1) is 11.3 Å². The average molecular weight is 485 g/mol. The van der Waals surface area contributed by atoms with Gasteiger partial charge in [-0.05, 0) is 56.2 Å². The van der Waals surface area contributed by atoms with Gasteiger partial charge < -0.3 is 9.84 Å². The van der Waals surface area contributed by atoms with Crippen LogP contribution in [0.1, 0.15) is 33.7 Å². The number of hydrogen-bond donors (Lipinski definition) is 1. The van der Waals surface area contributed by atoms with Crippen molar-refractivity contribution in [1.82, 2.24) is 4.98 Å². The number of carboxylic acid groups (broad SMARTS) is 1. The number of nitrogens with zero attached hydrogens (tertiary/aromatic N) is 1. The molecule has 0 amide bonds. The molecule has 176 valence electrons. The molecule has 2 aromatic carbocycles. The minimum Gasteiger partial charge on any atom is -0.482 e. The van der Waals surface area contributed by atoms with Crippen molar-refractivity contribution >= 4 is 17.3 Å². The summed E-state index contributed by atoms with van der Waals surface area (Å²) in [4.78, 5) is 15.6. The van der Waals surface area contributed by atoms with E-state index in [0.717, 1.165) is 12.1 Å². The molecule has 0 spiro atoms. The normalized spacial score (nSPS) is 12.1. The van der Waals surface area contributed by atoms with E-state index in [-0.39, 0.29) is 17.7 Å². The smallest absolute Gasteiger partial charge is 0.416 e. The Morgan fingerprint density at radius 1 is 1.03 bits per heavy atom. The van der Waals surface area contributed by atoms with Crippen LogP contribution in [0, 0.1) is 13.8 Å². The molecular formula is C23H20F5NO3S. The van der Waals surface area contributed by atoms with E-state index in [2.05, 4.69) is 4.98 Å². The third-order valence-corrected chi connectivity index (χ3v) is 6.23. The quantitative estimate of drug-likeness (QED) is 0.364. The van der Waals surface area contributed by atoms with Gasteiger partial charge in [-0.3, -0.25) is 0 Å². The number of ether oxygens (including phenoxy) is 1. The van der Waals surface area contributed by atoms with Crippen LogP contribution in [-0.2, 0) is 23.3 Å². The van der Waals surface area contributed by atoms with Crippen LogP contribution in [0.15, 0.2) is 42.5 Å². The predicted octanol–water partition coefficient (Wildman–Crippen LogP) is 6.63. The molecule has 0 unspecified atom stereocenters. The largest absolute Gasteiger partial charge is 0.482 e. The number of aliphatic carboxylic acids is 1. The van der Waals surface area contributed by atoms with Gasteiger partial charge in [0.1, 0.15) is 10.8 Å². The Morgan fingerprint density at radius 3 is 2.24 bits per heavy atom. The Labute approximate surface area is 190 Å². The number of carbonyl (C=O) groups is 1. The van der Waals surface area contributed by atoms with Crippen LogP contribution in [0.2, 0.25) is 0 Å². The zero-order valence-electron chi connectivity index (χ0n) is 17.7. The first-order valence-electron chi connectivity index (χ1n) is 9.84. The highest BCUT2D eigenvalue weighted by Gasteiger charge is 2.32. The lowest BCUT2D eigenvalue weighted by atomic mass is 10.0. The number of benzene rings is 2. The molecule has 10 heteroatoms.